The fourth-order valence-electron chi connectivity index (χ4n) is 3.56. The monoisotopic (exact) mass is 347 g/mol. The van der Waals surface area contributed by atoms with E-state index in [1.54, 1.807) is 6.92 Å². The standard InChI is InChI=1S/C21H21N3O2/c1-15-22-23-21(26-15)18(16-8-3-2-4-9-16)14-20(25)24-13-7-11-17-10-5-6-12-19(17)24/h2-6,8-10,12,18H,7,11,13-14H2,1H3. The van der Waals surface area contributed by atoms with Gasteiger partial charge >= 0.3 is 0 Å². The Balaban J connectivity index is 1.63. The number of carbonyl (C=O) groups excluding carboxylic acids is 1. The maximum atomic E-state index is 13.2. The molecule has 0 N–H and O–H groups in total. The lowest BCUT2D eigenvalue weighted by molar-refractivity contribution is -0.119. The van der Waals surface area contributed by atoms with Crippen molar-refractivity contribution in [3.05, 3.63) is 77.5 Å². The SMILES string of the molecule is Cc1nnc(C(CC(=O)N2CCCc3ccccc32)c2ccccc2)o1. The molecule has 1 unspecified atom stereocenters. The second-order valence-corrected chi connectivity index (χ2v) is 6.60. The van der Waals surface area contributed by atoms with Crippen molar-refractivity contribution < 1.29 is 9.21 Å². The molecule has 1 aliphatic heterocycles. The number of fused-ring (bicyclic) bond motifs is 1. The number of amides is 1. The third kappa shape index (κ3) is 3.25. The number of para-hydroxylation sites is 1. The van der Waals surface area contributed by atoms with Crippen LogP contribution in [-0.4, -0.2) is 22.6 Å². The van der Waals surface area contributed by atoms with Gasteiger partial charge in [0.05, 0.1) is 5.92 Å². The molecule has 132 valence electrons. The van der Waals surface area contributed by atoms with Gasteiger partial charge in [0.1, 0.15) is 0 Å². The van der Waals surface area contributed by atoms with Crippen molar-refractivity contribution in [1.82, 2.24) is 10.2 Å². The Hall–Kier alpha value is -2.95. The fourth-order valence-corrected chi connectivity index (χ4v) is 3.56. The summed E-state index contributed by atoms with van der Waals surface area (Å²) in [5, 5.41) is 8.12. The normalized spacial score (nSPS) is 14.7. The average molecular weight is 347 g/mol. The number of aryl methyl sites for hydroxylation is 2. The third-order valence-electron chi connectivity index (χ3n) is 4.83. The van der Waals surface area contributed by atoms with Crippen molar-refractivity contribution in [2.75, 3.05) is 11.4 Å². The number of benzene rings is 2. The van der Waals surface area contributed by atoms with Gasteiger partial charge in [0.15, 0.2) is 0 Å². The van der Waals surface area contributed by atoms with Crippen LogP contribution in [0.4, 0.5) is 5.69 Å². The van der Waals surface area contributed by atoms with E-state index in [9.17, 15) is 4.79 Å². The molecule has 0 bridgehead atoms. The first-order valence-corrected chi connectivity index (χ1v) is 8.95. The molecule has 5 heteroatoms. The van der Waals surface area contributed by atoms with Crippen LogP contribution in [0.15, 0.2) is 59.0 Å². The van der Waals surface area contributed by atoms with E-state index in [-0.39, 0.29) is 11.8 Å². The summed E-state index contributed by atoms with van der Waals surface area (Å²) in [6.45, 7) is 2.52. The number of hydrogen-bond acceptors (Lipinski definition) is 4. The molecular formula is C21H21N3O2. The first kappa shape index (κ1) is 16.5. The Labute approximate surface area is 152 Å². The van der Waals surface area contributed by atoms with Gasteiger partial charge in [-0.05, 0) is 30.0 Å². The minimum Gasteiger partial charge on any atom is -0.425 e. The van der Waals surface area contributed by atoms with Crippen molar-refractivity contribution in [2.24, 2.45) is 0 Å². The highest BCUT2D eigenvalue weighted by Crippen LogP contribution is 2.32. The van der Waals surface area contributed by atoms with Gasteiger partial charge in [0.25, 0.3) is 0 Å². The highest BCUT2D eigenvalue weighted by Gasteiger charge is 2.28. The van der Waals surface area contributed by atoms with E-state index >= 15 is 0 Å². The van der Waals surface area contributed by atoms with Crippen molar-refractivity contribution in [2.45, 2.75) is 32.1 Å². The van der Waals surface area contributed by atoms with Crippen LogP contribution in [0.5, 0.6) is 0 Å². The van der Waals surface area contributed by atoms with Crippen LogP contribution in [0.1, 0.15) is 41.7 Å². The molecule has 1 amide bonds. The Morgan fingerprint density at radius 3 is 2.65 bits per heavy atom. The molecule has 1 aromatic heterocycles. The summed E-state index contributed by atoms with van der Waals surface area (Å²) in [6.07, 6.45) is 2.31. The first-order valence-electron chi connectivity index (χ1n) is 8.95. The molecule has 26 heavy (non-hydrogen) atoms. The lowest BCUT2D eigenvalue weighted by Crippen LogP contribution is -2.36. The molecule has 0 spiro atoms. The number of hydrogen-bond donors (Lipinski definition) is 0. The topological polar surface area (TPSA) is 59.2 Å². The summed E-state index contributed by atoms with van der Waals surface area (Å²) in [7, 11) is 0. The zero-order valence-electron chi connectivity index (χ0n) is 14.8. The Morgan fingerprint density at radius 1 is 1.12 bits per heavy atom. The number of aromatic nitrogens is 2. The Bertz CT molecular complexity index is 904. The van der Waals surface area contributed by atoms with E-state index in [0.29, 0.717) is 18.2 Å². The van der Waals surface area contributed by atoms with Crippen LogP contribution in [0.3, 0.4) is 0 Å². The maximum Gasteiger partial charge on any atom is 0.228 e. The molecule has 0 saturated heterocycles. The lowest BCUT2D eigenvalue weighted by atomic mass is 9.94. The van der Waals surface area contributed by atoms with Gasteiger partial charge in [-0.15, -0.1) is 10.2 Å². The van der Waals surface area contributed by atoms with Crippen LogP contribution in [0.2, 0.25) is 0 Å². The summed E-state index contributed by atoms with van der Waals surface area (Å²) >= 11 is 0. The van der Waals surface area contributed by atoms with Gasteiger partial charge < -0.3 is 9.32 Å². The van der Waals surface area contributed by atoms with Crippen LogP contribution in [0, 0.1) is 6.92 Å². The van der Waals surface area contributed by atoms with E-state index in [0.717, 1.165) is 30.6 Å². The predicted molar refractivity (Wildman–Crippen MR) is 99.1 cm³/mol. The molecule has 3 aromatic rings. The molecular weight excluding hydrogens is 326 g/mol. The summed E-state index contributed by atoms with van der Waals surface area (Å²) in [4.78, 5) is 15.1. The van der Waals surface area contributed by atoms with Gasteiger partial charge in [-0.1, -0.05) is 48.5 Å². The van der Waals surface area contributed by atoms with Crippen LogP contribution in [0.25, 0.3) is 0 Å². The molecule has 0 radical (unpaired) electrons. The molecule has 0 fully saturated rings. The van der Waals surface area contributed by atoms with Crippen LogP contribution < -0.4 is 4.90 Å². The van der Waals surface area contributed by atoms with E-state index in [1.165, 1.54) is 5.56 Å². The summed E-state index contributed by atoms with van der Waals surface area (Å²) in [6, 6.07) is 18.0. The molecule has 4 rings (SSSR count). The van der Waals surface area contributed by atoms with E-state index < -0.39 is 0 Å². The zero-order valence-corrected chi connectivity index (χ0v) is 14.8. The maximum absolute atomic E-state index is 13.2. The van der Waals surface area contributed by atoms with Crippen LogP contribution >= 0.6 is 0 Å². The number of anilines is 1. The van der Waals surface area contributed by atoms with Crippen molar-refractivity contribution in [1.29, 1.82) is 0 Å². The largest absolute Gasteiger partial charge is 0.425 e. The van der Waals surface area contributed by atoms with Crippen molar-refractivity contribution in [3.63, 3.8) is 0 Å². The van der Waals surface area contributed by atoms with Crippen molar-refractivity contribution in [3.8, 4) is 0 Å². The minimum absolute atomic E-state index is 0.0851. The summed E-state index contributed by atoms with van der Waals surface area (Å²) < 4.78 is 5.66. The molecule has 2 aromatic carbocycles. The van der Waals surface area contributed by atoms with E-state index in [4.69, 9.17) is 4.42 Å². The summed E-state index contributed by atoms with van der Waals surface area (Å²) in [5.74, 6) is 0.852. The highest BCUT2D eigenvalue weighted by atomic mass is 16.4. The fraction of sp³-hybridized carbons (Fsp3) is 0.286. The molecule has 2 heterocycles. The Kier molecular flexibility index (Phi) is 4.52. The highest BCUT2D eigenvalue weighted by molar-refractivity contribution is 5.95. The van der Waals surface area contributed by atoms with Gasteiger partial charge in [0.2, 0.25) is 17.7 Å². The molecule has 0 saturated carbocycles. The molecule has 1 atom stereocenters. The van der Waals surface area contributed by atoms with Gasteiger partial charge in [-0.25, -0.2) is 0 Å². The van der Waals surface area contributed by atoms with E-state index in [2.05, 4.69) is 16.3 Å². The van der Waals surface area contributed by atoms with Gasteiger partial charge in [-0.3, -0.25) is 4.79 Å². The quantitative estimate of drug-likeness (QED) is 0.719. The van der Waals surface area contributed by atoms with E-state index in [1.807, 2.05) is 53.4 Å². The molecule has 0 aliphatic carbocycles. The van der Waals surface area contributed by atoms with Gasteiger partial charge in [-0.2, -0.15) is 0 Å². The lowest BCUT2D eigenvalue weighted by Gasteiger charge is -2.30. The third-order valence-corrected chi connectivity index (χ3v) is 4.83. The molecule has 5 nitrogen and oxygen atoms in total. The second kappa shape index (κ2) is 7.12. The smallest absolute Gasteiger partial charge is 0.228 e. The van der Waals surface area contributed by atoms with Crippen molar-refractivity contribution >= 4 is 11.6 Å². The zero-order chi connectivity index (χ0) is 17.9. The summed E-state index contributed by atoms with van der Waals surface area (Å²) in [5.41, 5.74) is 3.27. The van der Waals surface area contributed by atoms with Gasteiger partial charge in [0, 0.05) is 25.6 Å². The minimum atomic E-state index is -0.237. The number of nitrogens with zero attached hydrogens (tertiary/aromatic N) is 3. The predicted octanol–water partition coefficient (Wildman–Crippen LogP) is 3.88. The average Bonchev–Trinajstić information content (AvgIpc) is 3.12. The second-order valence-electron chi connectivity index (χ2n) is 6.60. The molecule has 1 aliphatic rings. The number of rotatable bonds is 4. The number of carbonyl (C=O) groups is 1. The van der Waals surface area contributed by atoms with Crippen LogP contribution in [-0.2, 0) is 11.2 Å². The first-order chi connectivity index (χ1) is 12.7. The Morgan fingerprint density at radius 2 is 1.88 bits per heavy atom.